The molecule has 1 unspecified atom stereocenters. The molecular weight excluding hydrogens is 390 g/mol. The van der Waals surface area contributed by atoms with Crippen LogP contribution in [0.15, 0.2) is 29.4 Å². The molecule has 2 aromatic rings. The maximum Gasteiger partial charge on any atom is 0.231 e. The maximum absolute atomic E-state index is 12.3. The Hall–Kier alpha value is -3.42. The molecule has 1 aliphatic carbocycles. The molecule has 0 radical (unpaired) electrons. The fourth-order valence-corrected chi connectivity index (χ4v) is 4.61. The van der Waals surface area contributed by atoms with Crippen LogP contribution in [0.5, 0.6) is 28.7 Å². The van der Waals surface area contributed by atoms with E-state index in [0.717, 1.165) is 28.7 Å². The Labute approximate surface area is 173 Å². The van der Waals surface area contributed by atoms with Crippen molar-refractivity contribution in [3.05, 3.63) is 41.0 Å². The molecule has 3 atom stereocenters. The first-order valence-electron chi connectivity index (χ1n) is 9.59. The van der Waals surface area contributed by atoms with Gasteiger partial charge in [-0.25, -0.2) is 0 Å². The number of rotatable bonds is 5. The summed E-state index contributed by atoms with van der Waals surface area (Å²) in [5, 5.41) is 4.24. The zero-order valence-corrected chi connectivity index (χ0v) is 16.8. The molecule has 0 fully saturated rings. The molecule has 8 nitrogen and oxygen atoms in total. The number of aldehydes is 1. The molecule has 0 saturated carbocycles. The number of nitrogens with zero attached hydrogens (tertiary/aromatic N) is 1. The molecule has 2 aliphatic heterocycles. The van der Waals surface area contributed by atoms with Gasteiger partial charge >= 0.3 is 0 Å². The highest BCUT2D eigenvalue weighted by atomic mass is 16.7. The van der Waals surface area contributed by atoms with Gasteiger partial charge in [-0.15, -0.1) is 0 Å². The van der Waals surface area contributed by atoms with Gasteiger partial charge in [-0.3, -0.25) is 0 Å². The Bertz CT molecular complexity index is 1020. The number of methoxy groups -OCH3 is 3. The van der Waals surface area contributed by atoms with Crippen LogP contribution in [-0.4, -0.2) is 46.7 Å². The minimum absolute atomic E-state index is 0.153. The van der Waals surface area contributed by atoms with E-state index in [1.54, 1.807) is 21.3 Å². The van der Waals surface area contributed by atoms with Crippen LogP contribution in [0.1, 0.15) is 22.6 Å². The highest BCUT2D eigenvalue weighted by molar-refractivity contribution is 6.07. The van der Waals surface area contributed by atoms with E-state index in [2.05, 4.69) is 5.16 Å². The molecule has 0 bridgehead atoms. The third-order valence-electron chi connectivity index (χ3n) is 5.98. The molecule has 156 valence electrons. The predicted octanol–water partition coefficient (Wildman–Crippen LogP) is 2.75. The van der Waals surface area contributed by atoms with E-state index in [1.165, 1.54) is 0 Å². The van der Waals surface area contributed by atoms with E-state index < -0.39 is 0 Å². The second-order valence-electron chi connectivity index (χ2n) is 7.32. The number of ether oxygens (including phenoxy) is 5. The van der Waals surface area contributed by atoms with E-state index in [1.807, 2.05) is 24.3 Å². The predicted molar refractivity (Wildman–Crippen MR) is 106 cm³/mol. The van der Waals surface area contributed by atoms with Crippen molar-refractivity contribution < 1.29 is 33.3 Å². The Morgan fingerprint density at radius 2 is 1.70 bits per heavy atom. The lowest BCUT2D eigenvalue weighted by Crippen LogP contribution is -2.36. The molecule has 3 aliphatic rings. The molecule has 0 N–H and O–H groups in total. The summed E-state index contributed by atoms with van der Waals surface area (Å²) < 4.78 is 27.7. The van der Waals surface area contributed by atoms with Gasteiger partial charge in [0.25, 0.3) is 0 Å². The van der Waals surface area contributed by atoms with Gasteiger partial charge in [-0.2, -0.15) is 0 Å². The number of carbonyl (C=O) groups is 1. The van der Waals surface area contributed by atoms with Crippen LogP contribution in [0.25, 0.3) is 0 Å². The fourth-order valence-electron chi connectivity index (χ4n) is 4.61. The van der Waals surface area contributed by atoms with Crippen LogP contribution in [0.2, 0.25) is 0 Å². The molecule has 8 heteroatoms. The van der Waals surface area contributed by atoms with Gasteiger partial charge in [-0.1, -0.05) is 5.16 Å². The minimum Gasteiger partial charge on any atom is -0.493 e. The van der Waals surface area contributed by atoms with Gasteiger partial charge < -0.3 is 33.3 Å². The van der Waals surface area contributed by atoms with Crippen molar-refractivity contribution in [3.8, 4) is 28.7 Å². The van der Waals surface area contributed by atoms with Crippen LogP contribution in [0, 0.1) is 11.8 Å². The second-order valence-corrected chi connectivity index (χ2v) is 7.32. The summed E-state index contributed by atoms with van der Waals surface area (Å²) in [4.78, 5) is 17.7. The number of benzene rings is 2. The average molecular weight is 411 g/mol. The first-order chi connectivity index (χ1) is 14.7. The Balaban J connectivity index is 1.75. The van der Waals surface area contributed by atoms with E-state index in [0.29, 0.717) is 35.4 Å². The van der Waals surface area contributed by atoms with Gasteiger partial charge in [0.05, 0.1) is 33.0 Å². The molecule has 0 saturated heterocycles. The third-order valence-corrected chi connectivity index (χ3v) is 5.98. The highest BCUT2D eigenvalue weighted by Gasteiger charge is 2.46. The topological polar surface area (TPSA) is 84.8 Å². The van der Waals surface area contributed by atoms with Gasteiger partial charge in [0.15, 0.2) is 23.0 Å². The summed E-state index contributed by atoms with van der Waals surface area (Å²) in [7, 11) is 4.70. The van der Waals surface area contributed by atoms with Crippen molar-refractivity contribution in [1.29, 1.82) is 0 Å². The second kappa shape index (κ2) is 7.12. The highest BCUT2D eigenvalue weighted by Crippen LogP contribution is 2.51. The van der Waals surface area contributed by atoms with Crippen molar-refractivity contribution >= 4 is 12.0 Å². The smallest absolute Gasteiger partial charge is 0.231 e. The zero-order chi connectivity index (χ0) is 20.8. The quantitative estimate of drug-likeness (QED) is 0.700. The van der Waals surface area contributed by atoms with Crippen molar-refractivity contribution in [2.24, 2.45) is 17.0 Å². The van der Waals surface area contributed by atoms with Crippen molar-refractivity contribution in [3.63, 3.8) is 0 Å². The van der Waals surface area contributed by atoms with Crippen molar-refractivity contribution in [2.75, 3.05) is 34.7 Å². The summed E-state index contributed by atoms with van der Waals surface area (Å²) in [6.45, 7) is 0.518. The molecule has 2 heterocycles. The molecule has 2 aromatic carbocycles. The van der Waals surface area contributed by atoms with Gasteiger partial charge in [-0.05, 0) is 35.4 Å². The van der Waals surface area contributed by atoms with Crippen molar-refractivity contribution in [1.82, 2.24) is 0 Å². The molecule has 0 amide bonds. The third kappa shape index (κ3) is 2.59. The van der Waals surface area contributed by atoms with E-state index in [4.69, 9.17) is 28.5 Å². The van der Waals surface area contributed by atoms with Crippen LogP contribution < -0.4 is 23.7 Å². The summed E-state index contributed by atoms with van der Waals surface area (Å²) in [5.41, 5.74) is 3.46. The molecule has 30 heavy (non-hydrogen) atoms. The van der Waals surface area contributed by atoms with Gasteiger partial charge in [0, 0.05) is 17.4 Å². The van der Waals surface area contributed by atoms with Crippen LogP contribution in [0.4, 0.5) is 0 Å². The number of carbonyl (C=O) groups excluding carboxylic acids is 1. The van der Waals surface area contributed by atoms with Gasteiger partial charge in [0.1, 0.15) is 12.9 Å². The lowest BCUT2D eigenvalue weighted by atomic mass is 9.66. The van der Waals surface area contributed by atoms with E-state index in [-0.39, 0.29) is 24.5 Å². The molecule has 5 rings (SSSR count). The van der Waals surface area contributed by atoms with Crippen LogP contribution in [0.3, 0.4) is 0 Å². The Kier molecular flexibility index (Phi) is 4.42. The Morgan fingerprint density at radius 3 is 2.33 bits per heavy atom. The summed E-state index contributed by atoms with van der Waals surface area (Å²) >= 11 is 0. The molecule has 0 spiro atoms. The normalized spacial score (nSPS) is 23.0. The number of oxime groups is 1. The summed E-state index contributed by atoms with van der Waals surface area (Å²) in [5.74, 6) is 2.07. The monoisotopic (exact) mass is 411 g/mol. The molecule has 0 aromatic heterocycles. The maximum atomic E-state index is 12.3. The number of hydrogen-bond acceptors (Lipinski definition) is 8. The van der Waals surface area contributed by atoms with Crippen LogP contribution >= 0.6 is 0 Å². The summed E-state index contributed by atoms with van der Waals surface area (Å²) in [6, 6.07) is 7.62. The lowest BCUT2D eigenvalue weighted by molar-refractivity contribution is -0.112. The zero-order valence-electron chi connectivity index (χ0n) is 16.8. The largest absolute Gasteiger partial charge is 0.493 e. The summed E-state index contributed by atoms with van der Waals surface area (Å²) in [6.07, 6.45) is 0.982. The molecular formula is C22H21NO7. The first kappa shape index (κ1) is 18.6. The lowest BCUT2D eigenvalue weighted by Gasteiger charge is -2.35. The first-order valence-corrected chi connectivity index (χ1v) is 9.59. The fraction of sp³-hybridized carbons (Fsp3) is 0.364. The number of hydrogen-bond donors (Lipinski definition) is 0. The van der Waals surface area contributed by atoms with Crippen molar-refractivity contribution in [2.45, 2.75) is 5.92 Å². The van der Waals surface area contributed by atoms with Crippen LogP contribution in [-0.2, 0) is 9.63 Å². The standard InChI is InChI=1S/C22H21NO7/c1-25-18-4-11(5-19(26-2)22(18)27-3)20-12-6-16-17(29-10-28-16)7-13(12)21-15(9-30-23-21)14(20)8-24/h4-8,14-15,20H,9-10H2,1-3H3/t14-,15?,20+/m0/s1. The van der Waals surface area contributed by atoms with Gasteiger partial charge in [0.2, 0.25) is 12.5 Å². The minimum atomic E-state index is -0.373. The number of fused-ring (bicyclic) bond motifs is 4. The average Bonchev–Trinajstić information content (AvgIpc) is 3.44. The van der Waals surface area contributed by atoms with E-state index >= 15 is 0 Å². The Morgan fingerprint density at radius 1 is 1.00 bits per heavy atom. The van der Waals surface area contributed by atoms with E-state index in [9.17, 15) is 4.79 Å². The SMILES string of the molecule is COc1cc([C@@H]2c3cc4c(cc3C3=NOCC3[C@@H]2C=O)OCO4)cc(OC)c1OC.